The number of carboxylic acid groups (broad SMARTS) is 1. The molecule has 0 fully saturated rings. The summed E-state index contributed by atoms with van der Waals surface area (Å²) in [6.45, 7) is 4.45. The summed E-state index contributed by atoms with van der Waals surface area (Å²) in [7, 11) is 0. The smallest absolute Gasteiger partial charge is 0.306 e. The van der Waals surface area contributed by atoms with E-state index in [4.69, 9.17) is 9.84 Å². The number of allylic oxidation sites excluding steroid dienone is 2. The standard InChI is InChI=1S/C30H56O4/c1-3-5-7-8-9-10-11-12-13-14-15-19-23-27-30(33)34-28(24-20-6-4-2)25-21-17-16-18-22-26-29(31)32/h10-11,28H,3-9,12-27H2,1-2H3,(H,31,32)/b11-10-. The second-order valence-electron chi connectivity index (χ2n) is 9.94. The Kier molecular flexibility index (Phi) is 25.3. The molecule has 0 saturated heterocycles. The molecule has 4 nitrogen and oxygen atoms in total. The highest BCUT2D eigenvalue weighted by atomic mass is 16.5. The molecule has 4 heteroatoms. The van der Waals surface area contributed by atoms with Crippen LogP contribution in [-0.2, 0) is 14.3 Å². The van der Waals surface area contributed by atoms with E-state index in [9.17, 15) is 9.59 Å². The molecule has 0 rings (SSSR count). The highest BCUT2D eigenvalue weighted by Crippen LogP contribution is 2.17. The molecule has 0 aliphatic rings. The van der Waals surface area contributed by atoms with Crippen molar-refractivity contribution in [2.45, 2.75) is 168 Å². The molecule has 200 valence electrons. The number of unbranched alkanes of at least 4 members (excludes halogenated alkanes) is 15. The maximum absolute atomic E-state index is 12.3. The molecule has 1 N–H and O–H groups in total. The summed E-state index contributed by atoms with van der Waals surface area (Å²) in [6.07, 6.45) is 29.5. The van der Waals surface area contributed by atoms with Gasteiger partial charge in [-0.05, 0) is 64.2 Å². The van der Waals surface area contributed by atoms with Crippen molar-refractivity contribution in [3.63, 3.8) is 0 Å². The summed E-state index contributed by atoms with van der Waals surface area (Å²) in [6, 6.07) is 0. The Morgan fingerprint density at radius 1 is 0.618 bits per heavy atom. The van der Waals surface area contributed by atoms with E-state index in [1.54, 1.807) is 0 Å². The lowest BCUT2D eigenvalue weighted by atomic mass is 10.0. The quantitative estimate of drug-likeness (QED) is 0.0760. The highest BCUT2D eigenvalue weighted by Gasteiger charge is 2.14. The molecule has 0 amide bonds. The Hall–Kier alpha value is -1.32. The molecule has 0 aromatic heterocycles. The maximum Gasteiger partial charge on any atom is 0.306 e. The van der Waals surface area contributed by atoms with Crippen molar-refractivity contribution in [3.05, 3.63) is 12.2 Å². The van der Waals surface area contributed by atoms with Gasteiger partial charge in [0.05, 0.1) is 0 Å². The number of carbonyl (C=O) groups excluding carboxylic acids is 1. The van der Waals surface area contributed by atoms with Crippen LogP contribution in [0.2, 0.25) is 0 Å². The SMILES string of the molecule is CCCCCC/C=C\CCCCCCCC(=O)OC(CCCCC)CCCCCCCC(=O)O. The van der Waals surface area contributed by atoms with Crippen molar-refractivity contribution in [1.82, 2.24) is 0 Å². The van der Waals surface area contributed by atoms with Crippen LogP contribution in [-0.4, -0.2) is 23.1 Å². The molecule has 0 spiro atoms. The molecule has 0 aliphatic carbocycles. The van der Waals surface area contributed by atoms with Gasteiger partial charge < -0.3 is 9.84 Å². The summed E-state index contributed by atoms with van der Waals surface area (Å²) in [5, 5.41) is 8.70. The molecule has 0 saturated carbocycles. The van der Waals surface area contributed by atoms with E-state index in [-0.39, 0.29) is 18.5 Å². The van der Waals surface area contributed by atoms with Crippen molar-refractivity contribution < 1.29 is 19.4 Å². The predicted octanol–water partition coefficient (Wildman–Crippen LogP) is 9.55. The van der Waals surface area contributed by atoms with Gasteiger partial charge >= 0.3 is 11.9 Å². The average molecular weight is 481 g/mol. The van der Waals surface area contributed by atoms with Gasteiger partial charge in [-0.2, -0.15) is 0 Å². The molecule has 0 aromatic rings. The fraction of sp³-hybridized carbons (Fsp3) is 0.867. The average Bonchev–Trinajstić information content (AvgIpc) is 2.81. The predicted molar refractivity (Wildman–Crippen MR) is 144 cm³/mol. The fourth-order valence-electron chi connectivity index (χ4n) is 4.29. The number of aliphatic carboxylic acids is 1. The van der Waals surface area contributed by atoms with Crippen LogP contribution in [0.4, 0.5) is 0 Å². The molecule has 1 atom stereocenters. The minimum Gasteiger partial charge on any atom is -0.481 e. The van der Waals surface area contributed by atoms with Crippen LogP contribution >= 0.6 is 0 Å². The van der Waals surface area contributed by atoms with Crippen LogP contribution in [0.15, 0.2) is 12.2 Å². The van der Waals surface area contributed by atoms with E-state index in [1.165, 1.54) is 70.6 Å². The summed E-state index contributed by atoms with van der Waals surface area (Å²) >= 11 is 0. The maximum atomic E-state index is 12.3. The third-order valence-corrected chi connectivity index (χ3v) is 6.49. The number of rotatable bonds is 26. The van der Waals surface area contributed by atoms with Crippen molar-refractivity contribution in [3.8, 4) is 0 Å². The van der Waals surface area contributed by atoms with E-state index >= 15 is 0 Å². The topological polar surface area (TPSA) is 63.6 Å². The Bertz CT molecular complexity index is 486. The first-order valence-corrected chi connectivity index (χ1v) is 14.7. The zero-order chi connectivity index (χ0) is 25.1. The lowest BCUT2D eigenvalue weighted by Crippen LogP contribution is -2.18. The van der Waals surface area contributed by atoms with E-state index in [2.05, 4.69) is 26.0 Å². The van der Waals surface area contributed by atoms with Gasteiger partial charge in [-0.15, -0.1) is 0 Å². The Balaban J connectivity index is 3.80. The molecule has 0 bridgehead atoms. The van der Waals surface area contributed by atoms with Gasteiger partial charge in [-0.3, -0.25) is 9.59 Å². The molecule has 1 unspecified atom stereocenters. The lowest BCUT2D eigenvalue weighted by Gasteiger charge is -2.18. The molecule has 0 radical (unpaired) electrons. The summed E-state index contributed by atoms with van der Waals surface area (Å²) < 4.78 is 5.84. The summed E-state index contributed by atoms with van der Waals surface area (Å²) in [5.41, 5.74) is 0. The van der Waals surface area contributed by atoms with Crippen molar-refractivity contribution >= 4 is 11.9 Å². The molecule has 0 aromatic carbocycles. The Morgan fingerprint density at radius 3 is 1.65 bits per heavy atom. The largest absolute Gasteiger partial charge is 0.481 e. The van der Waals surface area contributed by atoms with Crippen LogP contribution in [0.1, 0.15) is 162 Å². The summed E-state index contributed by atoms with van der Waals surface area (Å²) in [4.78, 5) is 22.9. The number of hydrogen-bond acceptors (Lipinski definition) is 3. The zero-order valence-corrected chi connectivity index (χ0v) is 22.7. The van der Waals surface area contributed by atoms with Crippen LogP contribution in [0, 0.1) is 0 Å². The van der Waals surface area contributed by atoms with Crippen molar-refractivity contribution in [2.24, 2.45) is 0 Å². The Morgan fingerprint density at radius 2 is 1.06 bits per heavy atom. The summed E-state index contributed by atoms with van der Waals surface area (Å²) in [5.74, 6) is -0.725. The van der Waals surface area contributed by atoms with E-state index in [1.807, 2.05) is 0 Å². The van der Waals surface area contributed by atoms with Gasteiger partial charge in [-0.25, -0.2) is 0 Å². The van der Waals surface area contributed by atoms with E-state index < -0.39 is 5.97 Å². The molecule has 0 aliphatic heterocycles. The third kappa shape index (κ3) is 25.3. The second-order valence-corrected chi connectivity index (χ2v) is 9.94. The molecule has 0 heterocycles. The number of esters is 1. The van der Waals surface area contributed by atoms with Crippen molar-refractivity contribution in [2.75, 3.05) is 0 Å². The van der Waals surface area contributed by atoms with Gasteiger partial charge in [0.15, 0.2) is 0 Å². The normalized spacial score (nSPS) is 12.3. The Labute approximate surface area is 211 Å². The zero-order valence-electron chi connectivity index (χ0n) is 22.7. The minimum absolute atomic E-state index is 0.0195. The molecular weight excluding hydrogens is 424 g/mol. The van der Waals surface area contributed by atoms with Crippen molar-refractivity contribution in [1.29, 1.82) is 0 Å². The highest BCUT2D eigenvalue weighted by molar-refractivity contribution is 5.69. The van der Waals surface area contributed by atoms with Gasteiger partial charge in [0.25, 0.3) is 0 Å². The molecule has 34 heavy (non-hydrogen) atoms. The van der Waals surface area contributed by atoms with Crippen LogP contribution in [0.3, 0.4) is 0 Å². The first kappa shape index (κ1) is 32.7. The van der Waals surface area contributed by atoms with Gasteiger partial charge in [0.2, 0.25) is 0 Å². The first-order valence-electron chi connectivity index (χ1n) is 14.7. The number of hydrogen-bond donors (Lipinski definition) is 1. The third-order valence-electron chi connectivity index (χ3n) is 6.49. The van der Waals surface area contributed by atoms with Crippen LogP contribution in [0.25, 0.3) is 0 Å². The molecular formula is C30H56O4. The van der Waals surface area contributed by atoms with Gasteiger partial charge in [0, 0.05) is 12.8 Å². The number of carboxylic acids is 1. The van der Waals surface area contributed by atoms with Gasteiger partial charge in [0.1, 0.15) is 6.10 Å². The second kappa shape index (κ2) is 26.3. The number of ether oxygens (including phenoxy) is 1. The van der Waals surface area contributed by atoms with Gasteiger partial charge in [-0.1, -0.05) is 96.6 Å². The first-order chi connectivity index (χ1) is 16.6. The number of carbonyl (C=O) groups is 2. The van der Waals surface area contributed by atoms with Crippen LogP contribution < -0.4 is 0 Å². The lowest BCUT2D eigenvalue weighted by molar-refractivity contribution is -0.150. The minimum atomic E-state index is -0.705. The van der Waals surface area contributed by atoms with E-state index in [0.717, 1.165) is 64.2 Å². The fourth-order valence-corrected chi connectivity index (χ4v) is 4.29. The van der Waals surface area contributed by atoms with E-state index in [0.29, 0.717) is 6.42 Å². The van der Waals surface area contributed by atoms with Crippen LogP contribution in [0.5, 0.6) is 0 Å². The monoisotopic (exact) mass is 480 g/mol.